The number of hydrogen-bond donors (Lipinski definition) is 2. The predicted octanol–water partition coefficient (Wildman–Crippen LogP) is 2.33. The second-order valence-electron chi connectivity index (χ2n) is 5.67. The molecule has 0 saturated carbocycles. The molecule has 1 aliphatic heterocycles. The molecule has 1 aromatic rings. The van der Waals surface area contributed by atoms with Crippen molar-refractivity contribution in [3.05, 3.63) is 18.2 Å². The summed E-state index contributed by atoms with van der Waals surface area (Å²) in [6.45, 7) is 3.21. The fourth-order valence-electron chi connectivity index (χ4n) is 2.76. The molecule has 0 aromatic heterocycles. The van der Waals surface area contributed by atoms with E-state index >= 15 is 0 Å². The number of nitrogens with one attached hydrogen (secondary N) is 2. The zero-order valence-electron chi connectivity index (χ0n) is 13.5. The van der Waals surface area contributed by atoms with Gasteiger partial charge in [-0.1, -0.05) is 0 Å². The molecule has 0 unspecified atom stereocenters. The molecule has 122 valence electrons. The number of benzene rings is 1. The SMILES string of the molecule is COc1ccc(OC)c(NC(=S)NC[C@@H]2CCCN(C)C2)c1. The van der Waals surface area contributed by atoms with Gasteiger partial charge in [0.2, 0.25) is 0 Å². The Kier molecular flexibility index (Phi) is 6.27. The molecular formula is C16H25N3O2S. The Hall–Kier alpha value is -1.53. The number of piperidine rings is 1. The molecule has 0 amide bonds. The van der Waals surface area contributed by atoms with Gasteiger partial charge in [-0.25, -0.2) is 0 Å². The van der Waals surface area contributed by atoms with Crippen LogP contribution in [0.4, 0.5) is 5.69 Å². The highest BCUT2D eigenvalue weighted by molar-refractivity contribution is 7.80. The number of methoxy groups -OCH3 is 2. The number of nitrogens with zero attached hydrogens (tertiary/aromatic N) is 1. The third-order valence-corrected chi connectivity index (χ3v) is 4.17. The van der Waals surface area contributed by atoms with E-state index < -0.39 is 0 Å². The van der Waals surface area contributed by atoms with E-state index in [4.69, 9.17) is 21.7 Å². The van der Waals surface area contributed by atoms with Crippen LogP contribution in [-0.2, 0) is 0 Å². The number of hydrogen-bond acceptors (Lipinski definition) is 4. The van der Waals surface area contributed by atoms with Crippen molar-refractivity contribution in [3.8, 4) is 11.5 Å². The molecule has 1 aromatic carbocycles. The number of rotatable bonds is 5. The van der Waals surface area contributed by atoms with E-state index in [0.717, 1.165) is 30.3 Å². The topological polar surface area (TPSA) is 45.8 Å². The van der Waals surface area contributed by atoms with E-state index in [-0.39, 0.29) is 0 Å². The summed E-state index contributed by atoms with van der Waals surface area (Å²) in [4.78, 5) is 2.37. The van der Waals surface area contributed by atoms with Crippen molar-refractivity contribution in [2.45, 2.75) is 12.8 Å². The van der Waals surface area contributed by atoms with Gasteiger partial charge in [0, 0.05) is 19.2 Å². The summed E-state index contributed by atoms with van der Waals surface area (Å²) in [5.41, 5.74) is 0.806. The van der Waals surface area contributed by atoms with Gasteiger partial charge in [0.25, 0.3) is 0 Å². The van der Waals surface area contributed by atoms with Gasteiger partial charge in [-0.2, -0.15) is 0 Å². The van der Waals surface area contributed by atoms with Crippen LogP contribution in [0.3, 0.4) is 0 Å². The lowest BCUT2D eigenvalue weighted by Gasteiger charge is -2.30. The maximum absolute atomic E-state index is 5.39. The van der Waals surface area contributed by atoms with E-state index in [1.807, 2.05) is 18.2 Å². The van der Waals surface area contributed by atoms with Gasteiger partial charge in [0.1, 0.15) is 11.5 Å². The number of ether oxygens (including phenoxy) is 2. The van der Waals surface area contributed by atoms with Crippen LogP contribution in [0.5, 0.6) is 11.5 Å². The normalized spacial score (nSPS) is 18.6. The molecule has 22 heavy (non-hydrogen) atoms. The van der Waals surface area contributed by atoms with E-state index in [0.29, 0.717) is 11.0 Å². The highest BCUT2D eigenvalue weighted by Gasteiger charge is 2.17. The molecule has 0 aliphatic carbocycles. The zero-order chi connectivity index (χ0) is 15.9. The van der Waals surface area contributed by atoms with Crippen LogP contribution in [0.2, 0.25) is 0 Å². The summed E-state index contributed by atoms with van der Waals surface area (Å²) in [6, 6.07) is 5.60. The van der Waals surface area contributed by atoms with Crippen LogP contribution in [0.25, 0.3) is 0 Å². The lowest BCUT2D eigenvalue weighted by Crippen LogP contribution is -2.40. The van der Waals surface area contributed by atoms with Crippen molar-refractivity contribution in [1.29, 1.82) is 0 Å². The van der Waals surface area contributed by atoms with E-state index in [1.165, 1.54) is 19.4 Å². The van der Waals surface area contributed by atoms with Crippen molar-refractivity contribution >= 4 is 23.0 Å². The van der Waals surface area contributed by atoms with Crippen LogP contribution >= 0.6 is 12.2 Å². The van der Waals surface area contributed by atoms with E-state index in [9.17, 15) is 0 Å². The second-order valence-corrected chi connectivity index (χ2v) is 6.08. The molecule has 2 N–H and O–H groups in total. The quantitative estimate of drug-likeness (QED) is 0.811. The summed E-state index contributed by atoms with van der Waals surface area (Å²) in [6.07, 6.45) is 2.51. The molecule has 1 heterocycles. The van der Waals surface area contributed by atoms with Gasteiger partial charge >= 0.3 is 0 Å². The monoisotopic (exact) mass is 323 g/mol. The van der Waals surface area contributed by atoms with Crippen molar-refractivity contribution in [3.63, 3.8) is 0 Å². The zero-order valence-corrected chi connectivity index (χ0v) is 14.3. The molecule has 1 atom stereocenters. The first-order chi connectivity index (χ1) is 10.6. The predicted molar refractivity (Wildman–Crippen MR) is 94.0 cm³/mol. The summed E-state index contributed by atoms with van der Waals surface area (Å²) in [5.74, 6) is 2.15. The summed E-state index contributed by atoms with van der Waals surface area (Å²) in [5, 5.41) is 7.11. The average Bonchev–Trinajstić information content (AvgIpc) is 2.53. The standard InChI is InChI=1S/C16H25N3O2S/c1-19-8-4-5-12(11-19)10-17-16(22)18-14-9-13(20-2)6-7-15(14)21-3/h6-7,9,12H,4-5,8,10-11H2,1-3H3,(H2,17,18,22)/t12-/m0/s1. The molecule has 1 saturated heterocycles. The fourth-order valence-corrected chi connectivity index (χ4v) is 2.95. The molecule has 6 heteroatoms. The first-order valence-electron chi connectivity index (χ1n) is 7.57. The minimum absolute atomic E-state index is 0.611. The molecular weight excluding hydrogens is 298 g/mol. The Morgan fingerprint density at radius 3 is 2.86 bits per heavy atom. The van der Waals surface area contributed by atoms with Crippen molar-refractivity contribution in [2.24, 2.45) is 5.92 Å². The summed E-state index contributed by atoms with van der Waals surface area (Å²) in [7, 11) is 5.45. The Morgan fingerprint density at radius 1 is 1.36 bits per heavy atom. The molecule has 1 fully saturated rings. The molecule has 1 aliphatic rings. The smallest absolute Gasteiger partial charge is 0.170 e. The number of thiocarbonyl (C=S) groups is 1. The van der Waals surface area contributed by atoms with E-state index in [1.54, 1.807) is 14.2 Å². The van der Waals surface area contributed by atoms with Gasteiger partial charge in [-0.05, 0) is 56.7 Å². The van der Waals surface area contributed by atoms with Crippen LogP contribution in [0.1, 0.15) is 12.8 Å². The van der Waals surface area contributed by atoms with Gasteiger partial charge in [-0.15, -0.1) is 0 Å². The van der Waals surface area contributed by atoms with E-state index in [2.05, 4.69) is 22.6 Å². The minimum Gasteiger partial charge on any atom is -0.497 e. The highest BCUT2D eigenvalue weighted by atomic mass is 32.1. The molecule has 5 nitrogen and oxygen atoms in total. The maximum Gasteiger partial charge on any atom is 0.170 e. The van der Waals surface area contributed by atoms with Crippen molar-refractivity contribution < 1.29 is 9.47 Å². The van der Waals surface area contributed by atoms with Crippen molar-refractivity contribution in [1.82, 2.24) is 10.2 Å². The lowest BCUT2D eigenvalue weighted by atomic mass is 9.99. The second kappa shape index (κ2) is 8.19. The van der Waals surface area contributed by atoms with Gasteiger partial charge in [0.15, 0.2) is 5.11 Å². The molecule has 2 rings (SSSR count). The largest absolute Gasteiger partial charge is 0.497 e. The first kappa shape index (κ1) is 16.8. The molecule has 0 spiro atoms. The number of likely N-dealkylation sites (tertiary alicyclic amines) is 1. The van der Waals surface area contributed by atoms with Crippen LogP contribution in [-0.4, -0.2) is 50.9 Å². The molecule has 0 radical (unpaired) electrons. The van der Waals surface area contributed by atoms with Gasteiger partial charge < -0.3 is 25.0 Å². The molecule has 0 bridgehead atoms. The Morgan fingerprint density at radius 2 is 2.18 bits per heavy atom. The fraction of sp³-hybridized carbons (Fsp3) is 0.562. The maximum atomic E-state index is 5.39. The van der Waals surface area contributed by atoms with Crippen LogP contribution < -0.4 is 20.1 Å². The Balaban J connectivity index is 1.88. The number of anilines is 1. The van der Waals surface area contributed by atoms with Gasteiger partial charge in [0.05, 0.1) is 19.9 Å². The Labute approximate surface area is 138 Å². The summed E-state index contributed by atoms with van der Waals surface area (Å²) < 4.78 is 10.6. The highest BCUT2D eigenvalue weighted by Crippen LogP contribution is 2.28. The average molecular weight is 323 g/mol. The summed E-state index contributed by atoms with van der Waals surface area (Å²) >= 11 is 5.39. The van der Waals surface area contributed by atoms with Crippen LogP contribution in [0.15, 0.2) is 18.2 Å². The third-order valence-electron chi connectivity index (χ3n) is 3.93. The van der Waals surface area contributed by atoms with Gasteiger partial charge in [-0.3, -0.25) is 0 Å². The lowest BCUT2D eigenvalue weighted by molar-refractivity contribution is 0.211. The third kappa shape index (κ3) is 4.74. The first-order valence-corrected chi connectivity index (χ1v) is 7.98. The van der Waals surface area contributed by atoms with Crippen molar-refractivity contribution in [2.75, 3.05) is 46.2 Å². The minimum atomic E-state index is 0.611. The van der Waals surface area contributed by atoms with Crippen LogP contribution in [0, 0.1) is 5.92 Å². The Bertz CT molecular complexity index is 510.